The molecule has 5 rings (SSSR count). The van der Waals surface area contributed by atoms with E-state index in [4.69, 9.17) is 4.98 Å². The zero-order chi connectivity index (χ0) is 21.1. The summed E-state index contributed by atoms with van der Waals surface area (Å²) in [6.45, 7) is 0. The van der Waals surface area contributed by atoms with Crippen LogP contribution in [0.15, 0.2) is 115 Å². The standard InChI is InChI=1S/C28H22N2O/c31-21-20-27-29-25-18-10-11-19-26(25)30(27)28(22-12-4-1-5-13-22,23-14-6-2-7-15-23)24-16-8-3-9-17-24/h1-19,21H,20H2. The Balaban J connectivity index is 2.01. The van der Waals surface area contributed by atoms with Gasteiger partial charge in [0, 0.05) is 0 Å². The number of para-hydroxylation sites is 2. The average Bonchev–Trinajstić information content (AvgIpc) is 3.21. The smallest absolute Gasteiger partial charge is 0.127 e. The van der Waals surface area contributed by atoms with Crippen LogP contribution >= 0.6 is 0 Å². The summed E-state index contributed by atoms with van der Waals surface area (Å²) in [5.41, 5.74) is 4.54. The van der Waals surface area contributed by atoms with Gasteiger partial charge in [-0.05, 0) is 28.8 Å². The lowest BCUT2D eigenvalue weighted by molar-refractivity contribution is -0.107. The number of carbonyl (C=O) groups excluding carboxylic acids is 1. The first-order valence-corrected chi connectivity index (χ1v) is 10.4. The molecule has 4 aromatic carbocycles. The van der Waals surface area contributed by atoms with Crippen molar-refractivity contribution in [2.45, 2.75) is 12.0 Å². The quantitative estimate of drug-likeness (QED) is 0.273. The molecule has 3 heteroatoms. The van der Waals surface area contributed by atoms with Crippen molar-refractivity contribution >= 4 is 17.3 Å². The molecule has 0 aliphatic rings. The van der Waals surface area contributed by atoms with E-state index < -0.39 is 5.54 Å². The molecule has 0 spiro atoms. The number of nitrogens with zero attached hydrogens (tertiary/aromatic N) is 2. The highest BCUT2D eigenvalue weighted by atomic mass is 16.1. The third kappa shape index (κ3) is 3.06. The van der Waals surface area contributed by atoms with Crippen LogP contribution in [0, 0.1) is 0 Å². The molecule has 3 nitrogen and oxygen atoms in total. The maximum absolute atomic E-state index is 11.7. The van der Waals surface area contributed by atoms with Gasteiger partial charge in [0.2, 0.25) is 0 Å². The van der Waals surface area contributed by atoms with Crippen LogP contribution in [-0.2, 0) is 16.8 Å². The summed E-state index contributed by atoms with van der Waals surface area (Å²) in [5, 5.41) is 0. The summed E-state index contributed by atoms with van der Waals surface area (Å²) in [6.07, 6.45) is 1.17. The number of hydrogen-bond acceptors (Lipinski definition) is 2. The zero-order valence-corrected chi connectivity index (χ0v) is 17.1. The van der Waals surface area contributed by atoms with Crippen LogP contribution in [-0.4, -0.2) is 15.8 Å². The lowest BCUT2D eigenvalue weighted by Gasteiger charge is -2.39. The molecule has 0 aliphatic heterocycles. The molecule has 1 aromatic heterocycles. The molecule has 5 aromatic rings. The van der Waals surface area contributed by atoms with E-state index in [2.05, 4.69) is 83.4 Å². The van der Waals surface area contributed by atoms with E-state index in [-0.39, 0.29) is 6.42 Å². The van der Waals surface area contributed by atoms with Crippen molar-refractivity contribution in [1.29, 1.82) is 0 Å². The third-order valence-electron chi connectivity index (χ3n) is 5.81. The van der Waals surface area contributed by atoms with E-state index >= 15 is 0 Å². The minimum absolute atomic E-state index is 0.239. The van der Waals surface area contributed by atoms with Gasteiger partial charge < -0.3 is 9.36 Å². The Labute approximate surface area is 181 Å². The van der Waals surface area contributed by atoms with Gasteiger partial charge in [-0.1, -0.05) is 103 Å². The van der Waals surface area contributed by atoms with Gasteiger partial charge in [0.1, 0.15) is 17.6 Å². The van der Waals surface area contributed by atoms with Gasteiger partial charge in [0.15, 0.2) is 0 Å². The fourth-order valence-corrected chi connectivity index (χ4v) is 4.59. The molecule has 0 saturated heterocycles. The van der Waals surface area contributed by atoms with E-state index in [1.807, 2.05) is 36.4 Å². The van der Waals surface area contributed by atoms with Crippen molar-refractivity contribution < 1.29 is 4.79 Å². The molecule has 0 aliphatic carbocycles. The van der Waals surface area contributed by atoms with E-state index in [0.29, 0.717) is 0 Å². The van der Waals surface area contributed by atoms with E-state index in [9.17, 15) is 4.79 Å². The summed E-state index contributed by atoms with van der Waals surface area (Å²) in [5.74, 6) is 0.743. The maximum Gasteiger partial charge on any atom is 0.127 e. The first-order chi connectivity index (χ1) is 15.4. The third-order valence-corrected chi connectivity index (χ3v) is 5.81. The second-order valence-electron chi connectivity index (χ2n) is 7.53. The largest absolute Gasteiger partial charge is 0.309 e. The number of carbonyl (C=O) groups is 1. The fraction of sp³-hybridized carbons (Fsp3) is 0.0714. The Hall–Kier alpha value is -3.98. The van der Waals surface area contributed by atoms with Crippen molar-refractivity contribution in [1.82, 2.24) is 9.55 Å². The normalized spacial score (nSPS) is 11.5. The SMILES string of the molecule is O=CCc1nc2ccccc2n1C(c1ccccc1)(c1ccccc1)c1ccccc1. The Kier molecular flexibility index (Phi) is 4.93. The van der Waals surface area contributed by atoms with Crippen LogP contribution in [0.3, 0.4) is 0 Å². The summed E-state index contributed by atoms with van der Waals surface area (Å²) in [7, 11) is 0. The first kappa shape index (κ1) is 19.0. The molecule has 0 unspecified atom stereocenters. The van der Waals surface area contributed by atoms with E-state index in [1.165, 1.54) is 0 Å². The van der Waals surface area contributed by atoms with Crippen molar-refractivity contribution in [3.63, 3.8) is 0 Å². The summed E-state index contributed by atoms with van der Waals surface area (Å²) >= 11 is 0. The minimum Gasteiger partial charge on any atom is -0.309 e. The molecule has 0 radical (unpaired) electrons. The molecular formula is C28H22N2O. The molecule has 31 heavy (non-hydrogen) atoms. The van der Waals surface area contributed by atoms with Crippen LogP contribution < -0.4 is 0 Å². The predicted molar refractivity (Wildman–Crippen MR) is 124 cm³/mol. The molecule has 0 bridgehead atoms. The molecule has 150 valence electrons. The molecule has 0 fully saturated rings. The predicted octanol–water partition coefficient (Wildman–Crippen LogP) is 5.62. The number of hydrogen-bond donors (Lipinski definition) is 0. The van der Waals surface area contributed by atoms with Crippen LogP contribution in [0.5, 0.6) is 0 Å². The second-order valence-corrected chi connectivity index (χ2v) is 7.53. The fourth-order valence-electron chi connectivity index (χ4n) is 4.59. The second kappa shape index (κ2) is 8.04. The Morgan fingerprint density at radius 1 is 0.645 bits per heavy atom. The van der Waals surface area contributed by atoms with Crippen molar-refractivity contribution in [2.75, 3.05) is 0 Å². The first-order valence-electron chi connectivity index (χ1n) is 10.4. The highest BCUT2D eigenvalue weighted by molar-refractivity contribution is 5.78. The van der Waals surface area contributed by atoms with Gasteiger partial charge in [-0.2, -0.15) is 0 Å². The summed E-state index contributed by atoms with van der Waals surface area (Å²) in [6, 6.07) is 39.5. The number of aldehydes is 1. The van der Waals surface area contributed by atoms with Crippen molar-refractivity contribution in [3.8, 4) is 0 Å². The van der Waals surface area contributed by atoms with Crippen molar-refractivity contribution in [2.24, 2.45) is 0 Å². The number of fused-ring (bicyclic) bond motifs is 1. The van der Waals surface area contributed by atoms with E-state index in [0.717, 1.165) is 39.8 Å². The molecule has 1 heterocycles. The molecule has 0 amide bonds. The van der Waals surface area contributed by atoms with Crippen LogP contribution in [0.25, 0.3) is 11.0 Å². The number of rotatable bonds is 6. The van der Waals surface area contributed by atoms with Gasteiger partial charge in [0.05, 0.1) is 17.5 Å². The molecule has 0 atom stereocenters. The Bertz CT molecular complexity index is 1210. The van der Waals surface area contributed by atoms with Crippen molar-refractivity contribution in [3.05, 3.63) is 138 Å². The molecule has 0 N–H and O–H groups in total. The van der Waals surface area contributed by atoms with Gasteiger partial charge in [-0.15, -0.1) is 0 Å². The molecule has 0 saturated carbocycles. The lowest BCUT2D eigenvalue weighted by Crippen LogP contribution is -2.39. The lowest BCUT2D eigenvalue weighted by atomic mass is 9.76. The summed E-state index contributed by atoms with van der Waals surface area (Å²) in [4.78, 5) is 16.6. The highest BCUT2D eigenvalue weighted by Crippen LogP contribution is 2.43. The topological polar surface area (TPSA) is 34.9 Å². The van der Waals surface area contributed by atoms with Crippen LogP contribution in [0.1, 0.15) is 22.5 Å². The Morgan fingerprint density at radius 2 is 1.10 bits per heavy atom. The van der Waals surface area contributed by atoms with Crippen LogP contribution in [0.4, 0.5) is 0 Å². The van der Waals surface area contributed by atoms with Crippen LogP contribution in [0.2, 0.25) is 0 Å². The monoisotopic (exact) mass is 402 g/mol. The number of imidazole rings is 1. The Morgan fingerprint density at radius 3 is 1.58 bits per heavy atom. The zero-order valence-electron chi connectivity index (χ0n) is 17.1. The minimum atomic E-state index is -0.682. The summed E-state index contributed by atoms with van der Waals surface area (Å²) < 4.78 is 2.25. The van der Waals surface area contributed by atoms with Gasteiger partial charge in [-0.25, -0.2) is 4.98 Å². The number of benzene rings is 4. The molecular weight excluding hydrogens is 380 g/mol. The van der Waals surface area contributed by atoms with Gasteiger partial charge >= 0.3 is 0 Å². The highest BCUT2D eigenvalue weighted by Gasteiger charge is 2.40. The van der Waals surface area contributed by atoms with E-state index in [1.54, 1.807) is 0 Å². The average molecular weight is 402 g/mol. The number of aromatic nitrogens is 2. The van der Waals surface area contributed by atoms with Gasteiger partial charge in [-0.3, -0.25) is 0 Å². The van der Waals surface area contributed by atoms with Gasteiger partial charge in [0.25, 0.3) is 0 Å². The maximum atomic E-state index is 11.7.